The molecule has 1 unspecified atom stereocenters. The monoisotopic (exact) mass is 237 g/mol. The average Bonchev–Trinajstić information content (AvgIpc) is 2.32. The van der Waals surface area contributed by atoms with Gasteiger partial charge in [0, 0.05) is 7.11 Å². The Labute approximate surface area is 102 Å². The van der Waals surface area contributed by atoms with Crippen molar-refractivity contribution >= 4 is 5.97 Å². The van der Waals surface area contributed by atoms with Crippen molar-refractivity contribution in [3.63, 3.8) is 0 Å². The second kappa shape index (κ2) is 7.04. The van der Waals surface area contributed by atoms with Gasteiger partial charge in [-0.05, 0) is 24.5 Å². The molecular formula is C13H19NO3. The highest BCUT2D eigenvalue weighted by atomic mass is 16.5. The molecule has 1 atom stereocenters. The van der Waals surface area contributed by atoms with Gasteiger partial charge in [-0.3, -0.25) is 4.79 Å². The van der Waals surface area contributed by atoms with E-state index in [2.05, 4.69) is 0 Å². The Morgan fingerprint density at radius 3 is 2.59 bits per heavy atom. The van der Waals surface area contributed by atoms with Crippen LogP contribution in [0.1, 0.15) is 18.1 Å². The summed E-state index contributed by atoms with van der Waals surface area (Å²) in [6.45, 7) is 2.64. The molecule has 2 N–H and O–H groups in total. The highest BCUT2D eigenvalue weighted by Gasteiger charge is 2.16. The number of ether oxygens (including phenoxy) is 2. The normalized spacial score (nSPS) is 12.2. The van der Waals surface area contributed by atoms with E-state index in [1.165, 1.54) is 0 Å². The largest absolute Gasteiger partial charge is 0.465 e. The highest BCUT2D eigenvalue weighted by Crippen LogP contribution is 2.12. The molecule has 0 aliphatic rings. The van der Waals surface area contributed by atoms with Crippen molar-refractivity contribution < 1.29 is 14.3 Å². The van der Waals surface area contributed by atoms with Crippen LogP contribution >= 0.6 is 0 Å². The molecule has 0 aliphatic heterocycles. The van der Waals surface area contributed by atoms with E-state index in [1.807, 2.05) is 24.3 Å². The zero-order chi connectivity index (χ0) is 12.7. The lowest BCUT2D eigenvalue weighted by atomic mass is 10.0. The number of methoxy groups -OCH3 is 1. The fourth-order valence-electron chi connectivity index (χ4n) is 1.62. The Kier molecular flexibility index (Phi) is 5.66. The van der Waals surface area contributed by atoms with E-state index >= 15 is 0 Å². The number of benzene rings is 1. The number of carbonyl (C=O) groups excluding carboxylic acids is 1. The summed E-state index contributed by atoms with van der Waals surface area (Å²) in [6, 6.07) is 7.16. The van der Waals surface area contributed by atoms with Crippen molar-refractivity contribution in [1.82, 2.24) is 0 Å². The molecule has 0 spiro atoms. The predicted octanol–water partition coefficient (Wildman–Crippen LogP) is 1.27. The fraction of sp³-hybridized carbons (Fsp3) is 0.462. The van der Waals surface area contributed by atoms with Crippen LogP contribution < -0.4 is 5.73 Å². The lowest BCUT2D eigenvalue weighted by Gasteiger charge is -2.13. The highest BCUT2D eigenvalue weighted by molar-refractivity contribution is 5.75. The zero-order valence-electron chi connectivity index (χ0n) is 10.3. The summed E-state index contributed by atoms with van der Waals surface area (Å²) in [7, 11) is 1.64. The zero-order valence-corrected chi connectivity index (χ0v) is 10.3. The van der Waals surface area contributed by atoms with Crippen molar-refractivity contribution in [2.75, 3.05) is 13.7 Å². The Morgan fingerprint density at radius 2 is 2.00 bits per heavy atom. The summed E-state index contributed by atoms with van der Waals surface area (Å²) < 4.78 is 9.98. The van der Waals surface area contributed by atoms with Gasteiger partial charge in [-0.2, -0.15) is 0 Å². The van der Waals surface area contributed by atoms with E-state index in [-0.39, 0.29) is 5.97 Å². The van der Waals surface area contributed by atoms with Gasteiger partial charge in [-0.15, -0.1) is 0 Å². The molecule has 0 radical (unpaired) electrons. The lowest BCUT2D eigenvalue weighted by molar-refractivity contribution is -0.144. The Morgan fingerprint density at radius 1 is 1.35 bits per heavy atom. The van der Waals surface area contributed by atoms with E-state index in [1.54, 1.807) is 14.0 Å². The van der Waals surface area contributed by atoms with Crippen LogP contribution in [0.2, 0.25) is 0 Å². The standard InChI is InChI=1S/C13H19NO3/c1-3-17-13(15)12(14)8-10-6-4-5-7-11(10)9-16-2/h4-7,12H,3,8-9,14H2,1-2H3. The Balaban J connectivity index is 2.70. The minimum atomic E-state index is -0.618. The summed E-state index contributed by atoms with van der Waals surface area (Å²) in [4.78, 5) is 11.4. The molecule has 0 heterocycles. The second-order valence-corrected chi connectivity index (χ2v) is 3.76. The maximum atomic E-state index is 11.4. The van der Waals surface area contributed by atoms with Gasteiger partial charge in [0.25, 0.3) is 0 Å². The van der Waals surface area contributed by atoms with E-state index < -0.39 is 6.04 Å². The fourth-order valence-corrected chi connectivity index (χ4v) is 1.62. The van der Waals surface area contributed by atoms with Crippen LogP contribution in [0.4, 0.5) is 0 Å². The van der Waals surface area contributed by atoms with E-state index in [0.29, 0.717) is 19.6 Å². The van der Waals surface area contributed by atoms with Crippen LogP contribution in [0.15, 0.2) is 24.3 Å². The van der Waals surface area contributed by atoms with Gasteiger partial charge in [0.15, 0.2) is 0 Å². The molecule has 0 saturated carbocycles. The van der Waals surface area contributed by atoms with E-state index in [0.717, 1.165) is 11.1 Å². The van der Waals surface area contributed by atoms with Crippen LogP contribution in [0.3, 0.4) is 0 Å². The van der Waals surface area contributed by atoms with Crippen LogP contribution in [0, 0.1) is 0 Å². The first-order valence-electron chi connectivity index (χ1n) is 5.67. The SMILES string of the molecule is CCOC(=O)C(N)Cc1ccccc1COC. The third-order valence-corrected chi connectivity index (χ3v) is 2.45. The number of hydrogen-bond acceptors (Lipinski definition) is 4. The van der Waals surface area contributed by atoms with E-state index in [9.17, 15) is 4.79 Å². The topological polar surface area (TPSA) is 61.5 Å². The third kappa shape index (κ3) is 4.17. The third-order valence-electron chi connectivity index (χ3n) is 2.45. The first kappa shape index (κ1) is 13.7. The minimum Gasteiger partial charge on any atom is -0.465 e. The van der Waals surface area contributed by atoms with Crippen LogP contribution in [0.25, 0.3) is 0 Å². The maximum absolute atomic E-state index is 11.4. The molecule has 0 amide bonds. The molecule has 1 aromatic carbocycles. The molecule has 0 aromatic heterocycles. The lowest BCUT2D eigenvalue weighted by Crippen LogP contribution is -2.34. The summed E-state index contributed by atoms with van der Waals surface area (Å²) in [6.07, 6.45) is 0.471. The molecule has 17 heavy (non-hydrogen) atoms. The van der Waals surface area contributed by atoms with Crippen molar-refractivity contribution in [3.8, 4) is 0 Å². The quantitative estimate of drug-likeness (QED) is 0.757. The van der Waals surface area contributed by atoms with Gasteiger partial charge in [0.05, 0.1) is 13.2 Å². The molecular weight excluding hydrogens is 218 g/mol. The average molecular weight is 237 g/mol. The van der Waals surface area contributed by atoms with Gasteiger partial charge in [0.2, 0.25) is 0 Å². The molecule has 0 fully saturated rings. The maximum Gasteiger partial charge on any atom is 0.323 e. The Hall–Kier alpha value is -1.39. The number of hydrogen-bond donors (Lipinski definition) is 1. The van der Waals surface area contributed by atoms with Gasteiger partial charge < -0.3 is 15.2 Å². The smallest absolute Gasteiger partial charge is 0.323 e. The van der Waals surface area contributed by atoms with Gasteiger partial charge in [0.1, 0.15) is 6.04 Å². The summed E-state index contributed by atoms with van der Waals surface area (Å²) >= 11 is 0. The van der Waals surface area contributed by atoms with Crippen molar-refractivity contribution in [2.24, 2.45) is 5.73 Å². The summed E-state index contributed by atoms with van der Waals surface area (Å²) in [5.41, 5.74) is 7.86. The van der Waals surface area contributed by atoms with Crippen LogP contribution in [0.5, 0.6) is 0 Å². The first-order chi connectivity index (χ1) is 8.19. The molecule has 94 valence electrons. The van der Waals surface area contributed by atoms with Crippen molar-refractivity contribution in [1.29, 1.82) is 0 Å². The van der Waals surface area contributed by atoms with Crippen molar-refractivity contribution in [2.45, 2.75) is 26.0 Å². The summed E-state index contributed by atoms with van der Waals surface area (Å²) in [5, 5.41) is 0. The molecule has 0 aliphatic carbocycles. The number of rotatable bonds is 6. The van der Waals surface area contributed by atoms with Gasteiger partial charge in [-0.1, -0.05) is 24.3 Å². The number of carbonyl (C=O) groups is 1. The molecule has 4 nitrogen and oxygen atoms in total. The molecule has 0 saturated heterocycles. The Bertz CT molecular complexity index is 365. The number of esters is 1. The van der Waals surface area contributed by atoms with Gasteiger partial charge >= 0.3 is 5.97 Å². The molecule has 4 heteroatoms. The second-order valence-electron chi connectivity index (χ2n) is 3.76. The van der Waals surface area contributed by atoms with E-state index in [4.69, 9.17) is 15.2 Å². The number of nitrogens with two attached hydrogens (primary N) is 1. The van der Waals surface area contributed by atoms with Gasteiger partial charge in [-0.25, -0.2) is 0 Å². The van der Waals surface area contributed by atoms with Crippen LogP contribution in [-0.2, 0) is 27.3 Å². The molecule has 1 aromatic rings. The molecule has 1 rings (SSSR count). The predicted molar refractivity (Wildman–Crippen MR) is 65.5 cm³/mol. The first-order valence-corrected chi connectivity index (χ1v) is 5.67. The van der Waals surface area contributed by atoms with Crippen molar-refractivity contribution in [3.05, 3.63) is 35.4 Å². The molecule has 0 bridgehead atoms. The summed E-state index contributed by atoms with van der Waals surface area (Å²) in [5.74, 6) is -0.361. The van der Waals surface area contributed by atoms with Crippen LogP contribution in [-0.4, -0.2) is 25.7 Å². The minimum absolute atomic E-state index is 0.353.